The Morgan fingerprint density at radius 3 is 2.43 bits per heavy atom. The topological polar surface area (TPSA) is 81.2 Å². The van der Waals surface area contributed by atoms with Gasteiger partial charge >= 0.3 is 5.97 Å². The van der Waals surface area contributed by atoms with Crippen molar-refractivity contribution < 1.29 is 19.5 Å². The third-order valence-electron chi connectivity index (χ3n) is 4.73. The maximum Gasteiger partial charge on any atom is 0.323 e. The van der Waals surface area contributed by atoms with Crippen LogP contribution in [-0.4, -0.2) is 83.9 Å². The molecule has 2 amide bonds. The molecule has 1 saturated heterocycles. The normalized spacial score (nSPS) is 22.1. The van der Waals surface area contributed by atoms with Gasteiger partial charge < -0.3 is 19.8 Å². The summed E-state index contributed by atoms with van der Waals surface area (Å²) in [6.45, 7) is 1.11. The molecule has 1 aliphatic carbocycles. The highest BCUT2D eigenvalue weighted by Gasteiger charge is 2.40. The van der Waals surface area contributed by atoms with Crippen molar-refractivity contribution in [2.24, 2.45) is 5.92 Å². The average Bonchev–Trinajstić information content (AvgIpc) is 3.11. The predicted molar refractivity (Wildman–Crippen MR) is 84.8 cm³/mol. The van der Waals surface area contributed by atoms with Crippen molar-refractivity contribution in [3.63, 3.8) is 0 Å². The molecule has 1 atom stereocenters. The molecule has 0 aromatic heterocycles. The fraction of sp³-hybridized carbons (Fsp3) is 0.812. The lowest BCUT2D eigenvalue weighted by Crippen LogP contribution is -2.44. The minimum atomic E-state index is -1.02. The van der Waals surface area contributed by atoms with Crippen LogP contribution >= 0.6 is 0 Å². The van der Waals surface area contributed by atoms with E-state index in [0.29, 0.717) is 19.6 Å². The summed E-state index contributed by atoms with van der Waals surface area (Å²) in [6.07, 6.45) is 4.54. The smallest absolute Gasteiger partial charge is 0.323 e. The van der Waals surface area contributed by atoms with Gasteiger partial charge in [-0.1, -0.05) is 12.8 Å². The van der Waals surface area contributed by atoms with Crippen molar-refractivity contribution in [1.29, 1.82) is 0 Å². The second-order valence-electron chi connectivity index (χ2n) is 6.84. The molecule has 0 unspecified atom stereocenters. The van der Waals surface area contributed by atoms with Crippen LogP contribution in [0.1, 0.15) is 32.1 Å². The molecule has 0 spiro atoms. The minimum absolute atomic E-state index is 0.0399. The predicted octanol–water partition coefficient (Wildman–Crippen LogP) is 0.252. The second-order valence-corrected chi connectivity index (χ2v) is 6.84. The lowest BCUT2D eigenvalue weighted by atomic mass is 10.1. The lowest BCUT2D eigenvalue weighted by Gasteiger charge is -2.27. The van der Waals surface area contributed by atoms with E-state index in [1.54, 1.807) is 0 Å². The number of aliphatic carboxylic acids is 1. The summed E-state index contributed by atoms with van der Waals surface area (Å²) in [4.78, 5) is 41.0. The number of rotatable bonds is 7. The van der Waals surface area contributed by atoms with E-state index in [1.807, 2.05) is 23.9 Å². The van der Waals surface area contributed by atoms with Crippen molar-refractivity contribution in [3.05, 3.63) is 0 Å². The first-order valence-electron chi connectivity index (χ1n) is 8.33. The van der Waals surface area contributed by atoms with Crippen molar-refractivity contribution in [1.82, 2.24) is 14.7 Å². The van der Waals surface area contributed by atoms with Crippen molar-refractivity contribution in [3.8, 4) is 0 Å². The molecule has 0 radical (unpaired) electrons. The van der Waals surface area contributed by atoms with Crippen LogP contribution in [0.25, 0.3) is 0 Å². The quantitative estimate of drug-likeness (QED) is 0.726. The molecule has 2 aliphatic rings. The highest BCUT2D eigenvalue weighted by molar-refractivity contribution is 5.90. The van der Waals surface area contributed by atoms with Gasteiger partial charge in [-0.3, -0.25) is 14.4 Å². The molecule has 7 heteroatoms. The van der Waals surface area contributed by atoms with Crippen LogP contribution in [0.2, 0.25) is 0 Å². The van der Waals surface area contributed by atoms with Crippen LogP contribution in [0.3, 0.4) is 0 Å². The van der Waals surface area contributed by atoms with Crippen LogP contribution in [0.5, 0.6) is 0 Å². The van der Waals surface area contributed by atoms with Crippen LogP contribution in [-0.2, 0) is 14.4 Å². The zero-order chi connectivity index (χ0) is 17.0. The van der Waals surface area contributed by atoms with Gasteiger partial charge in [-0.2, -0.15) is 0 Å². The van der Waals surface area contributed by atoms with Gasteiger partial charge in [-0.05, 0) is 26.9 Å². The van der Waals surface area contributed by atoms with Crippen LogP contribution < -0.4 is 0 Å². The molecular formula is C16H27N3O4. The number of carboxylic acid groups (broad SMARTS) is 1. The molecule has 23 heavy (non-hydrogen) atoms. The first-order chi connectivity index (χ1) is 10.9. The summed E-state index contributed by atoms with van der Waals surface area (Å²) in [7, 11) is 3.76. The first kappa shape index (κ1) is 17.7. The van der Waals surface area contributed by atoms with Crippen molar-refractivity contribution >= 4 is 17.8 Å². The number of nitrogens with zero attached hydrogens (tertiary/aromatic N) is 3. The van der Waals surface area contributed by atoms with Gasteiger partial charge in [-0.15, -0.1) is 0 Å². The Morgan fingerprint density at radius 2 is 1.87 bits per heavy atom. The zero-order valence-corrected chi connectivity index (χ0v) is 14.0. The molecule has 1 N–H and O–H groups in total. The van der Waals surface area contributed by atoms with Crippen LogP contribution in [0.4, 0.5) is 0 Å². The highest BCUT2D eigenvalue weighted by atomic mass is 16.4. The number of carbonyl (C=O) groups excluding carboxylic acids is 2. The molecule has 1 saturated carbocycles. The first-order valence-corrected chi connectivity index (χ1v) is 8.33. The summed E-state index contributed by atoms with van der Waals surface area (Å²) in [6, 6.07) is 0.273. The number of amides is 2. The summed E-state index contributed by atoms with van der Waals surface area (Å²) >= 11 is 0. The van der Waals surface area contributed by atoms with E-state index in [-0.39, 0.29) is 30.8 Å². The number of carboxylic acids is 1. The number of carbonyl (C=O) groups is 3. The monoisotopic (exact) mass is 325 g/mol. The Hall–Kier alpha value is -1.63. The number of likely N-dealkylation sites (tertiary alicyclic amines) is 1. The van der Waals surface area contributed by atoms with Crippen LogP contribution in [0, 0.1) is 5.92 Å². The maximum atomic E-state index is 12.7. The highest BCUT2D eigenvalue weighted by Crippen LogP contribution is 2.30. The minimum Gasteiger partial charge on any atom is -0.480 e. The second kappa shape index (κ2) is 7.77. The van der Waals surface area contributed by atoms with Gasteiger partial charge in [0, 0.05) is 32.1 Å². The molecule has 0 aromatic rings. The zero-order valence-electron chi connectivity index (χ0n) is 14.0. The van der Waals surface area contributed by atoms with Gasteiger partial charge in [0.05, 0.1) is 5.92 Å². The molecule has 2 fully saturated rings. The van der Waals surface area contributed by atoms with E-state index in [0.717, 1.165) is 25.7 Å². The standard InChI is InChI=1S/C16H27N3O4/c1-17(2)7-8-18(11-15(21)22)16(23)12-9-14(20)19(10-12)13-5-3-4-6-13/h12-13H,3-11H2,1-2H3,(H,21,22)/t12-/m0/s1. The molecule has 0 bridgehead atoms. The number of hydrogen-bond acceptors (Lipinski definition) is 4. The number of likely N-dealkylation sites (N-methyl/N-ethyl adjacent to an activating group) is 1. The van der Waals surface area contributed by atoms with Crippen molar-refractivity contribution in [2.75, 3.05) is 40.3 Å². The Bertz CT molecular complexity index is 460. The van der Waals surface area contributed by atoms with E-state index in [4.69, 9.17) is 5.11 Å². The van der Waals surface area contributed by atoms with Crippen molar-refractivity contribution in [2.45, 2.75) is 38.1 Å². The summed E-state index contributed by atoms with van der Waals surface area (Å²) in [5, 5.41) is 9.03. The Labute approximate surface area is 137 Å². The van der Waals surface area contributed by atoms with Crippen LogP contribution in [0.15, 0.2) is 0 Å². The van der Waals surface area contributed by atoms with E-state index in [1.165, 1.54) is 4.90 Å². The molecule has 1 heterocycles. The largest absolute Gasteiger partial charge is 0.480 e. The average molecular weight is 325 g/mol. The molecule has 7 nitrogen and oxygen atoms in total. The van der Waals surface area contributed by atoms with Gasteiger partial charge in [0.25, 0.3) is 0 Å². The molecular weight excluding hydrogens is 298 g/mol. The van der Waals surface area contributed by atoms with Gasteiger partial charge in [-0.25, -0.2) is 0 Å². The van der Waals surface area contributed by atoms with Gasteiger partial charge in [0.2, 0.25) is 11.8 Å². The summed E-state index contributed by atoms with van der Waals surface area (Å²) in [5.74, 6) is -1.58. The summed E-state index contributed by atoms with van der Waals surface area (Å²) < 4.78 is 0. The number of hydrogen-bond donors (Lipinski definition) is 1. The molecule has 130 valence electrons. The molecule has 2 rings (SSSR count). The van der Waals surface area contributed by atoms with E-state index in [2.05, 4.69) is 0 Å². The maximum absolute atomic E-state index is 12.7. The summed E-state index contributed by atoms with van der Waals surface area (Å²) in [5.41, 5.74) is 0. The third-order valence-corrected chi connectivity index (χ3v) is 4.73. The fourth-order valence-electron chi connectivity index (χ4n) is 3.48. The fourth-order valence-corrected chi connectivity index (χ4v) is 3.48. The van der Waals surface area contributed by atoms with Gasteiger partial charge in [0.15, 0.2) is 0 Å². The third kappa shape index (κ3) is 4.67. The van der Waals surface area contributed by atoms with E-state index >= 15 is 0 Å². The Balaban J connectivity index is 1.98. The Morgan fingerprint density at radius 1 is 1.22 bits per heavy atom. The SMILES string of the molecule is CN(C)CCN(CC(=O)O)C(=O)[C@H]1CC(=O)N(C2CCCC2)C1. The van der Waals surface area contributed by atoms with E-state index < -0.39 is 11.9 Å². The molecule has 0 aromatic carbocycles. The van der Waals surface area contributed by atoms with E-state index in [9.17, 15) is 14.4 Å². The lowest BCUT2D eigenvalue weighted by molar-refractivity contribution is -0.146. The molecule has 1 aliphatic heterocycles. The Kier molecular flexibility index (Phi) is 5.98. The van der Waals surface area contributed by atoms with Gasteiger partial charge in [0.1, 0.15) is 6.54 Å².